The number of aromatic nitrogens is 2. The minimum Gasteiger partial charge on any atom is -0.342 e. The monoisotopic (exact) mass is 370 g/mol. The van der Waals surface area contributed by atoms with Crippen molar-refractivity contribution in [3.8, 4) is 0 Å². The van der Waals surface area contributed by atoms with Crippen molar-refractivity contribution in [1.82, 2.24) is 19.8 Å². The highest BCUT2D eigenvalue weighted by atomic mass is 16.2. The van der Waals surface area contributed by atoms with Crippen molar-refractivity contribution in [2.45, 2.75) is 47.0 Å². The summed E-state index contributed by atoms with van der Waals surface area (Å²) in [4.78, 5) is 36.8. The fraction of sp³-hybridized carbons (Fsp3) is 0.571. The van der Waals surface area contributed by atoms with Crippen LogP contribution in [-0.2, 0) is 4.79 Å². The van der Waals surface area contributed by atoms with Crippen molar-refractivity contribution in [1.29, 1.82) is 0 Å². The standard InChI is InChI=1S/C21H30N4O2/c1-14(2)19-22-16-7-6-15(12-17(16)23-19)20(27)25-10-8-24(9-11-25)18(26)13-21(3,4)5/h6-7,12,14H,8-11,13H2,1-5H3,(H,22,23). The van der Waals surface area contributed by atoms with Crippen LogP contribution in [0.25, 0.3) is 11.0 Å². The van der Waals surface area contributed by atoms with Crippen LogP contribution in [0.5, 0.6) is 0 Å². The quantitative estimate of drug-likeness (QED) is 0.900. The smallest absolute Gasteiger partial charge is 0.254 e. The number of hydrogen-bond donors (Lipinski definition) is 1. The van der Waals surface area contributed by atoms with Crippen molar-refractivity contribution in [3.05, 3.63) is 29.6 Å². The van der Waals surface area contributed by atoms with E-state index in [0.717, 1.165) is 16.9 Å². The lowest BCUT2D eigenvalue weighted by Gasteiger charge is -2.36. The molecule has 0 atom stereocenters. The predicted octanol–water partition coefficient (Wildman–Crippen LogP) is 3.41. The topological polar surface area (TPSA) is 69.3 Å². The maximum atomic E-state index is 12.9. The van der Waals surface area contributed by atoms with Crippen LogP contribution in [0.1, 0.15) is 63.1 Å². The van der Waals surface area contributed by atoms with Gasteiger partial charge in [-0.3, -0.25) is 9.59 Å². The van der Waals surface area contributed by atoms with Crippen LogP contribution in [0.3, 0.4) is 0 Å². The van der Waals surface area contributed by atoms with E-state index >= 15 is 0 Å². The fourth-order valence-electron chi connectivity index (χ4n) is 3.34. The van der Waals surface area contributed by atoms with Gasteiger partial charge in [-0.2, -0.15) is 0 Å². The molecule has 0 bridgehead atoms. The third-order valence-electron chi connectivity index (χ3n) is 4.90. The molecular weight excluding hydrogens is 340 g/mol. The van der Waals surface area contributed by atoms with Gasteiger partial charge < -0.3 is 14.8 Å². The zero-order valence-corrected chi connectivity index (χ0v) is 17.0. The lowest BCUT2D eigenvalue weighted by Crippen LogP contribution is -2.51. The molecule has 27 heavy (non-hydrogen) atoms. The number of nitrogens with one attached hydrogen (secondary N) is 1. The molecule has 1 aliphatic rings. The molecule has 1 N–H and O–H groups in total. The van der Waals surface area contributed by atoms with Gasteiger partial charge in [0.15, 0.2) is 0 Å². The van der Waals surface area contributed by atoms with E-state index < -0.39 is 0 Å². The van der Waals surface area contributed by atoms with Gasteiger partial charge in [-0.15, -0.1) is 0 Å². The average molecular weight is 370 g/mol. The maximum absolute atomic E-state index is 12.9. The number of nitrogens with zero attached hydrogens (tertiary/aromatic N) is 3. The van der Waals surface area contributed by atoms with E-state index in [-0.39, 0.29) is 17.2 Å². The molecule has 1 fully saturated rings. The van der Waals surface area contributed by atoms with Crippen molar-refractivity contribution in [2.24, 2.45) is 5.41 Å². The predicted molar refractivity (Wildman–Crippen MR) is 107 cm³/mol. The number of benzene rings is 1. The molecule has 6 heteroatoms. The Morgan fingerprint density at radius 1 is 1.11 bits per heavy atom. The first-order valence-corrected chi connectivity index (χ1v) is 9.71. The fourth-order valence-corrected chi connectivity index (χ4v) is 3.34. The Morgan fingerprint density at radius 2 is 1.74 bits per heavy atom. The number of H-pyrrole nitrogens is 1. The number of fused-ring (bicyclic) bond motifs is 1. The molecule has 6 nitrogen and oxygen atoms in total. The van der Waals surface area contributed by atoms with Gasteiger partial charge in [0.25, 0.3) is 5.91 Å². The summed E-state index contributed by atoms with van der Waals surface area (Å²) >= 11 is 0. The largest absolute Gasteiger partial charge is 0.342 e. The number of piperazine rings is 1. The van der Waals surface area contributed by atoms with Crippen molar-refractivity contribution in [3.63, 3.8) is 0 Å². The second-order valence-corrected chi connectivity index (χ2v) is 8.92. The van der Waals surface area contributed by atoms with Gasteiger partial charge in [0.1, 0.15) is 5.82 Å². The van der Waals surface area contributed by atoms with E-state index in [1.807, 2.05) is 28.0 Å². The summed E-state index contributed by atoms with van der Waals surface area (Å²) < 4.78 is 0. The molecule has 0 radical (unpaired) electrons. The number of aromatic amines is 1. The van der Waals surface area contributed by atoms with Gasteiger partial charge in [0.05, 0.1) is 11.0 Å². The highest BCUT2D eigenvalue weighted by Gasteiger charge is 2.27. The molecule has 1 aliphatic heterocycles. The summed E-state index contributed by atoms with van der Waals surface area (Å²) in [6, 6.07) is 5.62. The van der Waals surface area contributed by atoms with E-state index in [0.29, 0.717) is 44.1 Å². The lowest BCUT2D eigenvalue weighted by atomic mass is 9.91. The van der Waals surface area contributed by atoms with Gasteiger partial charge >= 0.3 is 0 Å². The molecule has 1 saturated heterocycles. The van der Waals surface area contributed by atoms with Gasteiger partial charge in [-0.25, -0.2) is 4.98 Å². The number of carbonyl (C=O) groups excluding carboxylic acids is 2. The summed E-state index contributed by atoms with van der Waals surface area (Å²) in [5.74, 6) is 1.44. The van der Waals surface area contributed by atoms with Crippen LogP contribution < -0.4 is 0 Å². The molecule has 2 heterocycles. The zero-order chi connectivity index (χ0) is 19.8. The molecular formula is C21H30N4O2. The number of hydrogen-bond acceptors (Lipinski definition) is 3. The first-order chi connectivity index (χ1) is 12.6. The first-order valence-electron chi connectivity index (χ1n) is 9.71. The number of carbonyl (C=O) groups is 2. The Bertz CT molecular complexity index is 839. The zero-order valence-electron chi connectivity index (χ0n) is 17.0. The molecule has 0 aliphatic carbocycles. The van der Waals surface area contributed by atoms with Crippen LogP contribution in [0.2, 0.25) is 0 Å². The Hall–Kier alpha value is -2.37. The molecule has 1 aromatic carbocycles. The molecule has 1 aromatic heterocycles. The van der Waals surface area contributed by atoms with Crippen molar-refractivity contribution < 1.29 is 9.59 Å². The summed E-state index contributed by atoms with van der Waals surface area (Å²) in [6.07, 6.45) is 0.537. The Balaban J connectivity index is 1.65. The highest BCUT2D eigenvalue weighted by molar-refractivity contribution is 5.97. The van der Waals surface area contributed by atoms with E-state index in [9.17, 15) is 9.59 Å². The number of rotatable bonds is 3. The van der Waals surface area contributed by atoms with Gasteiger partial charge in [-0.1, -0.05) is 34.6 Å². The van der Waals surface area contributed by atoms with E-state index in [1.54, 1.807) is 0 Å². The Kier molecular flexibility index (Phi) is 5.27. The molecule has 3 rings (SSSR count). The molecule has 2 amide bonds. The van der Waals surface area contributed by atoms with Crippen LogP contribution >= 0.6 is 0 Å². The van der Waals surface area contributed by atoms with Gasteiger partial charge in [-0.05, 0) is 23.6 Å². The van der Waals surface area contributed by atoms with E-state index in [1.165, 1.54) is 0 Å². The SMILES string of the molecule is CC(C)c1nc2ccc(C(=O)N3CCN(C(=O)CC(C)(C)C)CC3)cc2[nH]1. The number of amides is 2. The maximum Gasteiger partial charge on any atom is 0.254 e. The van der Waals surface area contributed by atoms with Crippen molar-refractivity contribution in [2.75, 3.05) is 26.2 Å². The molecule has 2 aromatic rings. The molecule has 0 saturated carbocycles. The molecule has 0 spiro atoms. The second-order valence-electron chi connectivity index (χ2n) is 8.92. The first kappa shape index (κ1) is 19.4. The summed E-state index contributed by atoms with van der Waals surface area (Å²) in [7, 11) is 0. The van der Waals surface area contributed by atoms with Crippen molar-refractivity contribution >= 4 is 22.8 Å². The van der Waals surface area contributed by atoms with Gasteiger partial charge in [0.2, 0.25) is 5.91 Å². The second kappa shape index (κ2) is 7.33. The van der Waals surface area contributed by atoms with Crippen LogP contribution in [0.15, 0.2) is 18.2 Å². The van der Waals surface area contributed by atoms with Crippen LogP contribution in [-0.4, -0.2) is 57.8 Å². The lowest BCUT2D eigenvalue weighted by molar-refractivity contribution is -0.134. The Morgan fingerprint density at radius 3 is 2.33 bits per heavy atom. The minimum absolute atomic E-state index is 0.0144. The minimum atomic E-state index is -0.0155. The van der Waals surface area contributed by atoms with Crippen LogP contribution in [0, 0.1) is 5.41 Å². The normalized spacial score (nSPS) is 15.6. The Labute approximate surface area is 160 Å². The average Bonchev–Trinajstić information content (AvgIpc) is 3.03. The highest BCUT2D eigenvalue weighted by Crippen LogP contribution is 2.22. The van der Waals surface area contributed by atoms with Crippen LogP contribution in [0.4, 0.5) is 0 Å². The van der Waals surface area contributed by atoms with E-state index in [2.05, 4.69) is 44.6 Å². The molecule has 0 unspecified atom stereocenters. The number of imidazole rings is 1. The third-order valence-corrected chi connectivity index (χ3v) is 4.90. The van der Waals surface area contributed by atoms with Gasteiger partial charge in [0, 0.05) is 44.1 Å². The summed E-state index contributed by atoms with van der Waals surface area (Å²) in [6.45, 7) is 12.7. The summed E-state index contributed by atoms with van der Waals surface area (Å²) in [5.41, 5.74) is 2.42. The summed E-state index contributed by atoms with van der Waals surface area (Å²) in [5, 5.41) is 0. The molecule has 146 valence electrons. The van der Waals surface area contributed by atoms with E-state index in [4.69, 9.17) is 0 Å². The third kappa shape index (κ3) is 4.49.